The number of nitro groups is 1. The molecule has 1 N–H and O–H groups in total. The predicted molar refractivity (Wildman–Crippen MR) is 110 cm³/mol. The number of methoxy groups -OCH3 is 1. The number of amides is 1. The van der Waals surface area contributed by atoms with Gasteiger partial charge in [0.15, 0.2) is 6.10 Å². The molecule has 1 atom stereocenters. The van der Waals surface area contributed by atoms with Gasteiger partial charge in [-0.05, 0) is 43.7 Å². The van der Waals surface area contributed by atoms with Crippen molar-refractivity contribution in [3.8, 4) is 11.5 Å². The molecule has 0 unspecified atom stereocenters. The molecule has 2 rings (SSSR count). The lowest BCUT2D eigenvalue weighted by Crippen LogP contribution is -2.30. The van der Waals surface area contributed by atoms with Gasteiger partial charge in [-0.2, -0.15) is 0 Å². The summed E-state index contributed by atoms with van der Waals surface area (Å²) in [5.74, 6) is -0.314. The van der Waals surface area contributed by atoms with E-state index in [1.54, 1.807) is 31.2 Å². The van der Waals surface area contributed by atoms with Crippen LogP contribution in [0.3, 0.4) is 0 Å². The molecule has 0 heterocycles. The summed E-state index contributed by atoms with van der Waals surface area (Å²) in [7, 11) is 1.35. The largest absolute Gasteiger partial charge is 0.494 e. The van der Waals surface area contributed by atoms with Crippen LogP contribution < -0.4 is 14.8 Å². The van der Waals surface area contributed by atoms with Crippen LogP contribution in [-0.2, 0) is 9.53 Å². The number of esters is 1. The second-order valence-electron chi connectivity index (χ2n) is 6.40. The number of unbranched alkanes of at least 4 members (excludes halogenated alkanes) is 1. The van der Waals surface area contributed by atoms with Crippen LogP contribution in [0, 0.1) is 10.1 Å². The summed E-state index contributed by atoms with van der Waals surface area (Å²) in [5.41, 5.74) is 0.530. The third-order valence-corrected chi connectivity index (χ3v) is 4.16. The number of nitrogens with one attached hydrogen (secondary N) is 1. The van der Waals surface area contributed by atoms with Crippen LogP contribution in [0.5, 0.6) is 11.5 Å². The lowest BCUT2D eigenvalue weighted by atomic mass is 10.2. The van der Waals surface area contributed by atoms with Crippen LogP contribution in [0.4, 0.5) is 11.4 Å². The molecule has 0 aliphatic heterocycles. The Bertz CT molecular complexity index is 897. The Balaban J connectivity index is 1.97. The van der Waals surface area contributed by atoms with Crippen molar-refractivity contribution in [2.75, 3.05) is 19.0 Å². The van der Waals surface area contributed by atoms with Gasteiger partial charge in [0.05, 0.1) is 36.0 Å². The minimum Gasteiger partial charge on any atom is -0.494 e. The molecule has 2 aromatic carbocycles. The molecule has 9 heteroatoms. The summed E-state index contributed by atoms with van der Waals surface area (Å²) >= 11 is 0. The second kappa shape index (κ2) is 10.8. The average molecular weight is 416 g/mol. The number of non-ortho nitro benzene ring substituents is 1. The van der Waals surface area contributed by atoms with Crippen molar-refractivity contribution in [3.05, 3.63) is 58.1 Å². The van der Waals surface area contributed by atoms with Gasteiger partial charge >= 0.3 is 5.97 Å². The van der Waals surface area contributed by atoms with Crippen LogP contribution in [0.15, 0.2) is 42.5 Å². The number of nitro benzene ring substituents is 1. The topological polar surface area (TPSA) is 117 Å². The molecular formula is C21H24N2O7. The van der Waals surface area contributed by atoms with E-state index in [0.717, 1.165) is 12.8 Å². The Morgan fingerprint density at radius 3 is 2.47 bits per heavy atom. The van der Waals surface area contributed by atoms with E-state index in [-0.39, 0.29) is 17.1 Å². The zero-order valence-electron chi connectivity index (χ0n) is 17.0. The van der Waals surface area contributed by atoms with E-state index >= 15 is 0 Å². The van der Waals surface area contributed by atoms with Crippen molar-refractivity contribution in [1.82, 2.24) is 0 Å². The lowest BCUT2D eigenvalue weighted by Gasteiger charge is -2.16. The molecule has 0 radical (unpaired) electrons. The number of carbonyl (C=O) groups is 2. The number of hydrogen-bond acceptors (Lipinski definition) is 7. The van der Waals surface area contributed by atoms with E-state index in [1.807, 2.05) is 6.92 Å². The summed E-state index contributed by atoms with van der Waals surface area (Å²) in [6, 6.07) is 10.2. The summed E-state index contributed by atoms with van der Waals surface area (Å²) in [4.78, 5) is 34.6. The number of ether oxygens (including phenoxy) is 3. The van der Waals surface area contributed by atoms with Gasteiger partial charge in [0.1, 0.15) is 11.5 Å². The van der Waals surface area contributed by atoms with E-state index in [4.69, 9.17) is 14.2 Å². The van der Waals surface area contributed by atoms with Gasteiger partial charge < -0.3 is 19.5 Å². The molecular weight excluding hydrogens is 392 g/mol. The summed E-state index contributed by atoms with van der Waals surface area (Å²) in [5, 5.41) is 13.5. The first-order valence-electron chi connectivity index (χ1n) is 9.42. The number of rotatable bonds is 10. The van der Waals surface area contributed by atoms with Crippen LogP contribution in [-0.4, -0.2) is 36.6 Å². The van der Waals surface area contributed by atoms with E-state index in [2.05, 4.69) is 5.32 Å². The predicted octanol–water partition coefficient (Wildman–Crippen LogP) is 3.97. The first-order chi connectivity index (χ1) is 14.3. The maximum atomic E-state index is 12.4. The van der Waals surface area contributed by atoms with Crippen molar-refractivity contribution in [2.45, 2.75) is 32.8 Å². The van der Waals surface area contributed by atoms with E-state index < -0.39 is 22.9 Å². The first-order valence-corrected chi connectivity index (χ1v) is 9.42. The van der Waals surface area contributed by atoms with E-state index in [0.29, 0.717) is 17.9 Å². The van der Waals surface area contributed by atoms with Crippen molar-refractivity contribution < 1.29 is 28.7 Å². The number of nitrogens with zero attached hydrogens (tertiary/aromatic N) is 1. The molecule has 0 saturated carbocycles. The highest BCUT2D eigenvalue weighted by Crippen LogP contribution is 2.29. The Morgan fingerprint density at radius 1 is 1.17 bits per heavy atom. The fourth-order valence-electron chi connectivity index (χ4n) is 2.45. The third kappa shape index (κ3) is 6.20. The summed E-state index contributed by atoms with van der Waals surface area (Å²) in [6.45, 7) is 3.94. The Morgan fingerprint density at radius 2 is 1.87 bits per heavy atom. The van der Waals surface area contributed by atoms with Crippen molar-refractivity contribution in [2.24, 2.45) is 0 Å². The normalized spacial score (nSPS) is 11.3. The molecule has 1 amide bonds. The van der Waals surface area contributed by atoms with Gasteiger partial charge in [0, 0.05) is 6.07 Å². The fourth-order valence-corrected chi connectivity index (χ4v) is 2.45. The molecule has 0 aromatic heterocycles. The highest BCUT2D eigenvalue weighted by atomic mass is 16.6. The number of benzene rings is 2. The Hall–Kier alpha value is -3.62. The highest BCUT2D eigenvalue weighted by Gasteiger charge is 2.19. The fraction of sp³-hybridized carbons (Fsp3) is 0.333. The zero-order chi connectivity index (χ0) is 22.1. The van der Waals surface area contributed by atoms with E-state index in [1.165, 1.54) is 25.3 Å². The molecule has 0 aliphatic carbocycles. The van der Waals surface area contributed by atoms with Gasteiger partial charge in [-0.1, -0.05) is 13.3 Å². The minimum absolute atomic E-state index is 0.151. The number of anilines is 1. The van der Waals surface area contributed by atoms with Crippen molar-refractivity contribution >= 4 is 23.3 Å². The Kier molecular flexibility index (Phi) is 8.16. The monoisotopic (exact) mass is 416 g/mol. The smallest absolute Gasteiger partial charge is 0.338 e. The van der Waals surface area contributed by atoms with Crippen LogP contribution >= 0.6 is 0 Å². The molecule has 9 nitrogen and oxygen atoms in total. The van der Waals surface area contributed by atoms with Gasteiger partial charge in [0.25, 0.3) is 11.6 Å². The SMILES string of the molecule is CCCCOC(=O)c1ccc(O[C@@H](C)C(=O)Nc2ccc([N+](=O)[O-])cc2OC)cc1. The molecule has 0 saturated heterocycles. The second-order valence-corrected chi connectivity index (χ2v) is 6.40. The molecule has 0 aliphatic rings. The molecule has 30 heavy (non-hydrogen) atoms. The molecule has 0 spiro atoms. The highest BCUT2D eigenvalue weighted by molar-refractivity contribution is 5.95. The molecule has 160 valence electrons. The third-order valence-electron chi connectivity index (χ3n) is 4.16. The Labute approximate surface area is 174 Å². The number of carbonyl (C=O) groups excluding carboxylic acids is 2. The van der Waals surface area contributed by atoms with Crippen molar-refractivity contribution in [1.29, 1.82) is 0 Å². The minimum atomic E-state index is -0.868. The molecule has 2 aromatic rings. The number of hydrogen-bond donors (Lipinski definition) is 1. The van der Waals surface area contributed by atoms with E-state index in [9.17, 15) is 19.7 Å². The molecule has 0 bridgehead atoms. The zero-order valence-corrected chi connectivity index (χ0v) is 17.0. The standard InChI is InChI=1S/C21H24N2O7/c1-4-5-12-29-21(25)15-6-9-17(10-7-15)30-14(2)20(24)22-18-11-8-16(23(26)27)13-19(18)28-3/h6-11,13-14H,4-5,12H2,1-3H3,(H,22,24)/t14-/m0/s1. The van der Waals surface area contributed by atoms with Crippen LogP contribution in [0.2, 0.25) is 0 Å². The van der Waals surface area contributed by atoms with Gasteiger partial charge in [-0.25, -0.2) is 4.79 Å². The maximum Gasteiger partial charge on any atom is 0.338 e. The van der Waals surface area contributed by atoms with Crippen LogP contribution in [0.25, 0.3) is 0 Å². The van der Waals surface area contributed by atoms with Gasteiger partial charge in [-0.15, -0.1) is 0 Å². The van der Waals surface area contributed by atoms with Gasteiger partial charge in [0.2, 0.25) is 0 Å². The lowest BCUT2D eigenvalue weighted by molar-refractivity contribution is -0.384. The first kappa shape index (κ1) is 22.7. The summed E-state index contributed by atoms with van der Waals surface area (Å²) < 4.78 is 15.8. The maximum absolute atomic E-state index is 12.4. The average Bonchev–Trinajstić information content (AvgIpc) is 2.74. The van der Waals surface area contributed by atoms with Gasteiger partial charge in [-0.3, -0.25) is 14.9 Å². The molecule has 0 fully saturated rings. The summed E-state index contributed by atoms with van der Waals surface area (Å²) in [6.07, 6.45) is 0.873. The van der Waals surface area contributed by atoms with Crippen molar-refractivity contribution in [3.63, 3.8) is 0 Å². The van der Waals surface area contributed by atoms with Crippen LogP contribution in [0.1, 0.15) is 37.0 Å². The quantitative estimate of drug-likeness (QED) is 0.269.